The van der Waals surface area contributed by atoms with Crippen LogP contribution in [0.5, 0.6) is 0 Å². The molecule has 0 radical (unpaired) electrons. The van der Waals surface area contributed by atoms with Crippen LogP contribution in [0.3, 0.4) is 0 Å². The zero-order chi connectivity index (χ0) is 14.5. The number of carbonyl (C=O) groups excluding carboxylic acids is 1. The van der Waals surface area contributed by atoms with Crippen molar-refractivity contribution in [1.82, 2.24) is 4.98 Å². The van der Waals surface area contributed by atoms with Crippen molar-refractivity contribution in [2.75, 3.05) is 25.6 Å². The summed E-state index contributed by atoms with van der Waals surface area (Å²) < 4.78 is 4.65. The number of methoxy groups -OCH3 is 1. The van der Waals surface area contributed by atoms with E-state index in [4.69, 9.17) is 11.6 Å². The third kappa shape index (κ3) is 3.62. The zero-order valence-corrected chi connectivity index (χ0v) is 13.0. The van der Waals surface area contributed by atoms with Crippen molar-refractivity contribution in [3.63, 3.8) is 0 Å². The van der Waals surface area contributed by atoms with Crippen LogP contribution in [0.25, 0.3) is 0 Å². The number of rotatable bonds is 5. The summed E-state index contributed by atoms with van der Waals surface area (Å²) in [5, 5.41) is 13.4. The molecule has 1 heterocycles. The fourth-order valence-electron chi connectivity index (χ4n) is 2.61. The Morgan fingerprint density at radius 3 is 2.85 bits per heavy atom. The SMILES string of the molecule is COC(=O)c1sc(NCC2CCCCC2CO)nc1Cl. The summed E-state index contributed by atoms with van der Waals surface area (Å²) in [7, 11) is 1.32. The topological polar surface area (TPSA) is 71.5 Å². The molecule has 2 N–H and O–H groups in total. The molecule has 20 heavy (non-hydrogen) atoms. The highest BCUT2D eigenvalue weighted by Crippen LogP contribution is 2.31. The summed E-state index contributed by atoms with van der Waals surface area (Å²) in [6.45, 7) is 0.980. The Morgan fingerprint density at radius 2 is 2.20 bits per heavy atom. The fraction of sp³-hybridized carbons (Fsp3) is 0.692. The minimum atomic E-state index is -0.466. The molecule has 1 aromatic rings. The number of anilines is 1. The second-order valence-electron chi connectivity index (χ2n) is 5.00. The maximum atomic E-state index is 11.5. The molecule has 2 rings (SSSR count). The smallest absolute Gasteiger partial charge is 0.351 e. The molecule has 0 saturated heterocycles. The summed E-state index contributed by atoms with van der Waals surface area (Å²) in [4.78, 5) is 15.9. The van der Waals surface area contributed by atoms with Gasteiger partial charge in [-0.25, -0.2) is 9.78 Å². The number of esters is 1. The number of thiazole rings is 1. The van der Waals surface area contributed by atoms with Gasteiger partial charge in [0.2, 0.25) is 0 Å². The Hall–Kier alpha value is -0.850. The minimum Gasteiger partial charge on any atom is -0.465 e. The maximum absolute atomic E-state index is 11.5. The number of halogens is 1. The molecule has 1 aliphatic carbocycles. The van der Waals surface area contributed by atoms with Crippen LogP contribution in [0, 0.1) is 11.8 Å². The van der Waals surface area contributed by atoms with Crippen LogP contribution in [0.1, 0.15) is 35.4 Å². The molecule has 1 saturated carbocycles. The van der Waals surface area contributed by atoms with Gasteiger partial charge in [-0.3, -0.25) is 0 Å². The lowest BCUT2D eigenvalue weighted by Gasteiger charge is -2.30. The van der Waals surface area contributed by atoms with Gasteiger partial charge in [-0.1, -0.05) is 35.8 Å². The summed E-state index contributed by atoms with van der Waals surface area (Å²) in [5.74, 6) is 0.330. The molecular formula is C13H19ClN2O3S. The quantitative estimate of drug-likeness (QED) is 0.817. The van der Waals surface area contributed by atoms with E-state index in [2.05, 4.69) is 15.0 Å². The summed E-state index contributed by atoms with van der Waals surface area (Å²) in [5.41, 5.74) is 0. The number of hydrogen-bond donors (Lipinski definition) is 2. The van der Waals surface area contributed by atoms with Crippen LogP contribution in [0.2, 0.25) is 5.15 Å². The standard InChI is InChI=1S/C13H19ClN2O3S/c1-19-12(18)10-11(14)16-13(20-10)15-6-8-4-2-3-5-9(8)7-17/h8-9,17H,2-7H2,1H3,(H,15,16). The van der Waals surface area contributed by atoms with E-state index < -0.39 is 5.97 Å². The van der Waals surface area contributed by atoms with E-state index in [1.807, 2.05) is 0 Å². The normalized spacial score (nSPS) is 22.6. The maximum Gasteiger partial charge on any atom is 0.351 e. The van der Waals surface area contributed by atoms with E-state index in [1.165, 1.54) is 31.3 Å². The highest BCUT2D eigenvalue weighted by atomic mass is 35.5. The van der Waals surface area contributed by atoms with Gasteiger partial charge in [-0.2, -0.15) is 0 Å². The summed E-state index contributed by atoms with van der Waals surface area (Å²) in [6, 6.07) is 0. The van der Waals surface area contributed by atoms with Gasteiger partial charge in [-0.05, 0) is 24.7 Å². The third-order valence-electron chi connectivity index (χ3n) is 3.77. The van der Waals surface area contributed by atoms with Gasteiger partial charge in [0.05, 0.1) is 7.11 Å². The van der Waals surface area contributed by atoms with Crippen LogP contribution in [0.4, 0.5) is 5.13 Å². The molecule has 1 aliphatic rings. The van der Waals surface area contributed by atoms with Crippen LogP contribution in [0.15, 0.2) is 0 Å². The molecule has 2 atom stereocenters. The fourth-order valence-corrected chi connectivity index (χ4v) is 3.72. The number of aliphatic hydroxyl groups excluding tert-OH is 1. The molecule has 0 bridgehead atoms. The molecule has 1 fully saturated rings. The predicted octanol–water partition coefficient (Wildman–Crippen LogP) is 2.79. The van der Waals surface area contributed by atoms with Gasteiger partial charge >= 0.3 is 5.97 Å². The molecule has 1 aromatic heterocycles. The molecule has 112 valence electrons. The number of carbonyl (C=O) groups is 1. The van der Waals surface area contributed by atoms with Crippen molar-refractivity contribution < 1.29 is 14.6 Å². The highest BCUT2D eigenvalue weighted by Gasteiger charge is 2.25. The van der Waals surface area contributed by atoms with Crippen molar-refractivity contribution in [3.8, 4) is 0 Å². The average molecular weight is 319 g/mol. The molecule has 7 heteroatoms. The molecule has 0 spiro atoms. The molecule has 2 unspecified atom stereocenters. The van der Waals surface area contributed by atoms with E-state index in [1.54, 1.807) is 0 Å². The van der Waals surface area contributed by atoms with Crippen molar-refractivity contribution in [2.24, 2.45) is 11.8 Å². The summed E-state index contributed by atoms with van der Waals surface area (Å²) >= 11 is 7.11. The van der Waals surface area contributed by atoms with Crippen molar-refractivity contribution in [2.45, 2.75) is 25.7 Å². The van der Waals surface area contributed by atoms with E-state index in [-0.39, 0.29) is 11.8 Å². The van der Waals surface area contributed by atoms with Gasteiger partial charge in [0, 0.05) is 13.2 Å². The Balaban J connectivity index is 1.95. The van der Waals surface area contributed by atoms with Crippen molar-refractivity contribution in [3.05, 3.63) is 10.0 Å². The van der Waals surface area contributed by atoms with Crippen molar-refractivity contribution >= 4 is 34.0 Å². The lowest BCUT2D eigenvalue weighted by atomic mass is 9.80. The molecule has 0 aromatic carbocycles. The van der Waals surface area contributed by atoms with E-state index in [0.29, 0.717) is 21.8 Å². The number of nitrogens with one attached hydrogen (secondary N) is 1. The minimum absolute atomic E-state index is 0.173. The van der Waals surface area contributed by atoms with E-state index in [9.17, 15) is 9.90 Å². The highest BCUT2D eigenvalue weighted by molar-refractivity contribution is 7.18. The second kappa shape index (κ2) is 7.24. The lowest BCUT2D eigenvalue weighted by molar-refractivity contribution is 0.0606. The Morgan fingerprint density at radius 1 is 1.50 bits per heavy atom. The number of aliphatic hydroxyl groups is 1. The van der Waals surface area contributed by atoms with Crippen LogP contribution in [-0.4, -0.2) is 36.3 Å². The monoisotopic (exact) mass is 318 g/mol. The Labute approximate surface area is 127 Å². The van der Waals surface area contributed by atoms with Crippen LogP contribution >= 0.6 is 22.9 Å². The van der Waals surface area contributed by atoms with Crippen LogP contribution < -0.4 is 5.32 Å². The zero-order valence-electron chi connectivity index (χ0n) is 11.4. The largest absolute Gasteiger partial charge is 0.465 e. The molecule has 0 amide bonds. The molecule has 0 aliphatic heterocycles. The van der Waals surface area contributed by atoms with Gasteiger partial charge in [0.1, 0.15) is 0 Å². The summed E-state index contributed by atoms with van der Waals surface area (Å²) in [6.07, 6.45) is 4.59. The predicted molar refractivity (Wildman–Crippen MR) is 79.5 cm³/mol. The first kappa shape index (κ1) is 15.5. The number of aromatic nitrogens is 1. The second-order valence-corrected chi connectivity index (χ2v) is 6.36. The Bertz CT molecular complexity index is 466. The number of hydrogen-bond acceptors (Lipinski definition) is 6. The van der Waals surface area contributed by atoms with Crippen molar-refractivity contribution in [1.29, 1.82) is 0 Å². The third-order valence-corrected chi connectivity index (χ3v) is 5.15. The first-order valence-electron chi connectivity index (χ1n) is 6.75. The average Bonchev–Trinajstić information content (AvgIpc) is 2.85. The van der Waals surface area contributed by atoms with Gasteiger partial charge < -0.3 is 15.2 Å². The van der Waals surface area contributed by atoms with E-state index in [0.717, 1.165) is 19.4 Å². The number of nitrogens with zero attached hydrogens (tertiary/aromatic N) is 1. The Kier molecular flexibility index (Phi) is 5.63. The van der Waals surface area contributed by atoms with Gasteiger partial charge in [0.25, 0.3) is 0 Å². The van der Waals surface area contributed by atoms with Gasteiger partial charge in [0.15, 0.2) is 15.2 Å². The first-order valence-corrected chi connectivity index (χ1v) is 7.94. The van der Waals surface area contributed by atoms with E-state index >= 15 is 0 Å². The van der Waals surface area contributed by atoms with Gasteiger partial charge in [-0.15, -0.1) is 0 Å². The number of ether oxygens (including phenoxy) is 1. The molecular weight excluding hydrogens is 300 g/mol. The molecule has 5 nitrogen and oxygen atoms in total. The lowest BCUT2D eigenvalue weighted by Crippen LogP contribution is -2.28. The first-order chi connectivity index (χ1) is 9.65. The van der Waals surface area contributed by atoms with Crippen LogP contribution in [-0.2, 0) is 4.74 Å².